The Morgan fingerprint density at radius 3 is 2.45 bits per heavy atom. The fourth-order valence-electron chi connectivity index (χ4n) is 3.56. The molecule has 0 aliphatic carbocycles. The van der Waals surface area contributed by atoms with Gasteiger partial charge >= 0.3 is 0 Å². The molecule has 0 radical (unpaired) electrons. The van der Waals surface area contributed by atoms with Crippen molar-refractivity contribution in [1.29, 1.82) is 0 Å². The molecule has 1 aliphatic heterocycles. The topological polar surface area (TPSA) is 123 Å². The van der Waals surface area contributed by atoms with Crippen molar-refractivity contribution in [2.24, 2.45) is 0 Å². The van der Waals surface area contributed by atoms with Gasteiger partial charge in [-0.05, 0) is 31.2 Å². The zero-order valence-electron chi connectivity index (χ0n) is 17.4. The van der Waals surface area contributed by atoms with Crippen LogP contribution in [0.3, 0.4) is 0 Å². The number of carbonyl (C=O) groups excluding carboxylic acids is 3. The molecule has 0 saturated carbocycles. The summed E-state index contributed by atoms with van der Waals surface area (Å²) in [7, 11) is 0. The third kappa shape index (κ3) is 3.78. The zero-order valence-corrected chi connectivity index (χ0v) is 18.2. The Morgan fingerprint density at radius 2 is 1.76 bits per heavy atom. The number of amides is 3. The molecule has 0 bridgehead atoms. The van der Waals surface area contributed by atoms with Gasteiger partial charge in [0.15, 0.2) is 5.82 Å². The van der Waals surface area contributed by atoms with Crippen LogP contribution in [0.25, 0.3) is 5.82 Å². The van der Waals surface area contributed by atoms with Crippen molar-refractivity contribution < 1.29 is 14.4 Å². The minimum atomic E-state index is -0.363. The number of aromatic nitrogens is 5. The van der Waals surface area contributed by atoms with E-state index >= 15 is 0 Å². The zero-order chi connectivity index (χ0) is 22.9. The molecule has 4 aromatic rings. The van der Waals surface area contributed by atoms with Crippen LogP contribution in [0.5, 0.6) is 0 Å². The highest BCUT2D eigenvalue weighted by molar-refractivity contribution is 7.15. The number of rotatable bonds is 6. The number of pyridine rings is 1. The monoisotopic (exact) mass is 459 g/mol. The van der Waals surface area contributed by atoms with Gasteiger partial charge in [-0.25, -0.2) is 9.67 Å². The number of nitrogens with one attached hydrogen (secondary N) is 1. The van der Waals surface area contributed by atoms with Crippen LogP contribution < -0.4 is 5.32 Å². The first-order chi connectivity index (χ1) is 16.0. The molecule has 4 heterocycles. The predicted octanol–water partition coefficient (Wildman–Crippen LogP) is 2.52. The van der Waals surface area contributed by atoms with Crippen molar-refractivity contribution in [3.63, 3.8) is 0 Å². The first-order valence-corrected chi connectivity index (χ1v) is 10.9. The highest BCUT2D eigenvalue weighted by Gasteiger charge is 2.34. The number of nitrogens with zero attached hydrogens (tertiary/aromatic N) is 6. The number of carbonyl (C=O) groups is 3. The largest absolute Gasteiger partial charge is 0.296 e. The van der Waals surface area contributed by atoms with Gasteiger partial charge in [-0.15, -0.1) is 10.2 Å². The fourth-order valence-corrected chi connectivity index (χ4v) is 4.29. The van der Waals surface area contributed by atoms with E-state index in [1.807, 2.05) is 6.07 Å². The molecular formula is C22H17N7O3S. The first-order valence-electron chi connectivity index (χ1n) is 10.1. The normalized spacial score (nSPS) is 12.8. The van der Waals surface area contributed by atoms with Crippen molar-refractivity contribution in [3.8, 4) is 5.82 Å². The van der Waals surface area contributed by atoms with Crippen molar-refractivity contribution in [2.45, 2.75) is 13.3 Å². The lowest BCUT2D eigenvalue weighted by Gasteiger charge is -2.12. The summed E-state index contributed by atoms with van der Waals surface area (Å²) in [5.74, 6) is -0.374. The second kappa shape index (κ2) is 8.36. The molecule has 0 fully saturated rings. The molecule has 1 N–H and O–H groups in total. The van der Waals surface area contributed by atoms with E-state index in [-0.39, 0.29) is 24.3 Å². The van der Waals surface area contributed by atoms with Crippen LogP contribution in [-0.2, 0) is 6.42 Å². The number of anilines is 1. The summed E-state index contributed by atoms with van der Waals surface area (Å²) >= 11 is 1.19. The first kappa shape index (κ1) is 20.6. The van der Waals surface area contributed by atoms with Crippen LogP contribution in [0.2, 0.25) is 0 Å². The van der Waals surface area contributed by atoms with Gasteiger partial charge < -0.3 is 0 Å². The molecular weight excluding hydrogens is 442 g/mol. The summed E-state index contributed by atoms with van der Waals surface area (Å²) in [5.41, 5.74) is 1.86. The average Bonchev–Trinajstić information content (AvgIpc) is 3.51. The number of hydrogen-bond acceptors (Lipinski definition) is 8. The Morgan fingerprint density at radius 1 is 1.03 bits per heavy atom. The maximum Gasteiger partial charge on any atom is 0.261 e. The van der Waals surface area contributed by atoms with Crippen LogP contribution in [0, 0.1) is 6.92 Å². The van der Waals surface area contributed by atoms with E-state index in [0.717, 1.165) is 0 Å². The minimum absolute atomic E-state index is 0.185. The number of hydrogen-bond donors (Lipinski definition) is 1. The van der Waals surface area contributed by atoms with E-state index in [2.05, 4.69) is 25.6 Å². The average molecular weight is 459 g/mol. The summed E-state index contributed by atoms with van der Waals surface area (Å²) in [6.45, 7) is 1.97. The molecule has 1 aliphatic rings. The van der Waals surface area contributed by atoms with E-state index in [4.69, 9.17) is 0 Å². The predicted molar refractivity (Wildman–Crippen MR) is 119 cm³/mol. The maximum atomic E-state index is 12.7. The van der Waals surface area contributed by atoms with Crippen molar-refractivity contribution in [1.82, 2.24) is 29.9 Å². The van der Waals surface area contributed by atoms with E-state index in [1.54, 1.807) is 54.2 Å². The molecule has 3 aromatic heterocycles. The molecule has 164 valence electrons. The second-order valence-corrected chi connectivity index (χ2v) is 8.32. The highest BCUT2D eigenvalue weighted by Crippen LogP contribution is 2.24. The van der Waals surface area contributed by atoms with Crippen LogP contribution >= 0.6 is 11.3 Å². The molecule has 3 amide bonds. The molecule has 0 atom stereocenters. The maximum absolute atomic E-state index is 12.7. The van der Waals surface area contributed by atoms with Gasteiger partial charge in [0.05, 0.1) is 28.6 Å². The molecule has 33 heavy (non-hydrogen) atoms. The van der Waals surface area contributed by atoms with Gasteiger partial charge in [0.2, 0.25) is 5.13 Å². The summed E-state index contributed by atoms with van der Waals surface area (Å²) in [6, 6.07) is 12.2. The number of fused-ring (bicyclic) bond motifs is 1. The van der Waals surface area contributed by atoms with Gasteiger partial charge in [-0.2, -0.15) is 5.10 Å². The summed E-state index contributed by atoms with van der Waals surface area (Å²) < 4.78 is 1.59. The molecule has 0 saturated heterocycles. The SMILES string of the molecule is Cc1c(C(=O)Nc2nnc(CCN3C(=O)c4ccccc4C3=O)s2)cnn1-c1ccccn1. The second-order valence-electron chi connectivity index (χ2n) is 7.26. The van der Waals surface area contributed by atoms with E-state index in [9.17, 15) is 14.4 Å². The van der Waals surface area contributed by atoms with Gasteiger partial charge in [0, 0.05) is 19.2 Å². The third-order valence-corrected chi connectivity index (χ3v) is 6.13. The highest BCUT2D eigenvalue weighted by atomic mass is 32.1. The van der Waals surface area contributed by atoms with Gasteiger partial charge in [-0.1, -0.05) is 29.5 Å². The Hall–Kier alpha value is -4.25. The lowest BCUT2D eigenvalue weighted by atomic mass is 10.1. The van der Waals surface area contributed by atoms with Crippen molar-refractivity contribution in [3.05, 3.63) is 82.3 Å². The van der Waals surface area contributed by atoms with Crippen LogP contribution in [-0.4, -0.2) is 54.1 Å². The smallest absolute Gasteiger partial charge is 0.261 e. The van der Waals surface area contributed by atoms with E-state index in [0.29, 0.717) is 44.8 Å². The van der Waals surface area contributed by atoms with Crippen LogP contribution in [0.4, 0.5) is 5.13 Å². The molecule has 0 unspecified atom stereocenters. The Bertz CT molecular complexity index is 1340. The molecule has 10 nitrogen and oxygen atoms in total. The summed E-state index contributed by atoms with van der Waals surface area (Å²) in [6.07, 6.45) is 3.47. The van der Waals surface area contributed by atoms with Crippen LogP contribution in [0.15, 0.2) is 54.9 Å². The van der Waals surface area contributed by atoms with E-state index in [1.165, 1.54) is 22.4 Å². The third-order valence-electron chi connectivity index (χ3n) is 5.24. The Labute approximate surface area is 191 Å². The van der Waals surface area contributed by atoms with Crippen molar-refractivity contribution >= 4 is 34.2 Å². The van der Waals surface area contributed by atoms with Gasteiger partial charge in [0.25, 0.3) is 17.7 Å². The molecule has 1 aromatic carbocycles. The van der Waals surface area contributed by atoms with Crippen molar-refractivity contribution in [2.75, 3.05) is 11.9 Å². The lowest BCUT2D eigenvalue weighted by molar-refractivity contribution is 0.0655. The standard InChI is InChI=1S/C22H17N7O3S/c1-13-16(12-24-29(13)17-8-4-5-10-23-17)19(30)25-22-27-26-18(33-22)9-11-28-20(31)14-6-2-3-7-15(14)21(28)32/h2-8,10,12H,9,11H2,1H3,(H,25,27,30). The van der Waals surface area contributed by atoms with Crippen LogP contribution in [0.1, 0.15) is 41.8 Å². The van der Waals surface area contributed by atoms with E-state index < -0.39 is 0 Å². The fraction of sp³-hybridized carbons (Fsp3) is 0.136. The number of benzene rings is 1. The Kier molecular flexibility index (Phi) is 5.23. The quantitative estimate of drug-likeness (QED) is 0.440. The number of imide groups is 1. The summed E-state index contributed by atoms with van der Waals surface area (Å²) in [4.78, 5) is 43.1. The molecule has 0 spiro atoms. The van der Waals surface area contributed by atoms with Gasteiger partial charge in [-0.3, -0.25) is 24.6 Å². The Balaban J connectivity index is 1.23. The minimum Gasteiger partial charge on any atom is -0.296 e. The summed E-state index contributed by atoms with van der Waals surface area (Å²) in [5, 5.41) is 16.0. The molecule has 5 rings (SSSR count). The molecule has 11 heteroatoms. The van der Waals surface area contributed by atoms with Gasteiger partial charge in [0.1, 0.15) is 5.01 Å². The lowest BCUT2D eigenvalue weighted by Crippen LogP contribution is -2.31.